The first-order valence-electron chi connectivity index (χ1n) is 5.20. The van der Waals surface area contributed by atoms with E-state index in [1.807, 2.05) is 16.7 Å². The van der Waals surface area contributed by atoms with Crippen LogP contribution in [-0.2, 0) is 4.79 Å². The van der Waals surface area contributed by atoms with Crippen LogP contribution in [0.1, 0.15) is 33.1 Å². The maximum absolute atomic E-state index is 11.9. The molecule has 1 unspecified atom stereocenters. The number of thioether (sulfide) groups is 1. The minimum absolute atomic E-state index is 0.258. The summed E-state index contributed by atoms with van der Waals surface area (Å²) in [5.41, 5.74) is 0. The number of carbonyl (C=O) groups excluding carboxylic acids is 1. The number of hydrogen-bond acceptors (Lipinski definition) is 2. The van der Waals surface area contributed by atoms with Gasteiger partial charge in [0.15, 0.2) is 0 Å². The first-order valence-corrected chi connectivity index (χ1v) is 6.24. The third kappa shape index (κ3) is 2.90. The van der Waals surface area contributed by atoms with Crippen LogP contribution in [0.5, 0.6) is 0 Å². The van der Waals surface area contributed by atoms with Crippen LogP contribution in [0.3, 0.4) is 0 Å². The lowest BCUT2D eigenvalue weighted by Crippen LogP contribution is -2.38. The third-order valence-corrected chi connectivity index (χ3v) is 3.89. The van der Waals surface area contributed by atoms with Crippen LogP contribution >= 0.6 is 11.8 Å². The summed E-state index contributed by atoms with van der Waals surface area (Å²) in [5.74, 6) is 1.52. The van der Waals surface area contributed by atoms with Crippen LogP contribution < -0.4 is 0 Å². The minimum Gasteiger partial charge on any atom is -0.342 e. The van der Waals surface area contributed by atoms with E-state index >= 15 is 0 Å². The van der Waals surface area contributed by atoms with Crippen molar-refractivity contribution in [1.29, 1.82) is 0 Å². The molecule has 1 aliphatic heterocycles. The van der Waals surface area contributed by atoms with E-state index in [-0.39, 0.29) is 5.25 Å². The molecule has 13 heavy (non-hydrogen) atoms. The molecule has 0 bridgehead atoms. The maximum Gasteiger partial charge on any atom is 0.235 e. The molecule has 1 fully saturated rings. The van der Waals surface area contributed by atoms with Gasteiger partial charge in [0, 0.05) is 13.1 Å². The van der Waals surface area contributed by atoms with E-state index in [2.05, 4.69) is 13.8 Å². The quantitative estimate of drug-likeness (QED) is 0.697. The summed E-state index contributed by atoms with van der Waals surface area (Å²) in [4.78, 5) is 13.8. The highest BCUT2D eigenvalue weighted by Crippen LogP contribution is 2.26. The molecule has 1 aliphatic rings. The van der Waals surface area contributed by atoms with Crippen molar-refractivity contribution in [2.45, 2.75) is 38.4 Å². The summed E-state index contributed by atoms with van der Waals surface area (Å²) >= 11 is 1.84. The Kier molecular flexibility index (Phi) is 4.64. The summed E-state index contributed by atoms with van der Waals surface area (Å²) < 4.78 is 0. The number of nitrogens with zero attached hydrogens (tertiary/aromatic N) is 1. The van der Waals surface area contributed by atoms with Gasteiger partial charge in [-0.2, -0.15) is 0 Å². The molecule has 1 atom stereocenters. The Morgan fingerprint density at radius 1 is 1.38 bits per heavy atom. The Hall–Kier alpha value is -0.180. The molecule has 0 N–H and O–H groups in total. The van der Waals surface area contributed by atoms with E-state index in [0.29, 0.717) is 5.91 Å². The first kappa shape index (κ1) is 10.9. The molecule has 0 aromatic carbocycles. The third-order valence-electron chi connectivity index (χ3n) is 2.53. The fourth-order valence-corrected chi connectivity index (χ4v) is 2.95. The van der Waals surface area contributed by atoms with Crippen molar-refractivity contribution in [3.8, 4) is 0 Å². The summed E-state index contributed by atoms with van der Waals surface area (Å²) in [6.45, 7) is 5.81. The van der Waals surface area contributed by atoms with Crippen molar-refractivity contribution in [1.82, 2.24) is 4.90 Å². The molecule has 1 heterocycles. The fourth-order valence-electron chi connectivity index (χ4n) is 1.67. The first-order chi connectivity index (χ1) is 6.29. The van der Waals surface area contributed by atoms with E-state index < -0.39 is 0 Å². The van der Waals surface area contributed by atoms with Gasteiger partial charge in [-0.25, -0.2) is 0 Å². The maximum atomic E-state index is 11.9. The number of hydrogen-bond donors (Lipinski definition) is 0. The zero-order valence-electron chi connectivity index (χ0n) is 8.58. The molecule has 0 aliphatic carbocycles. The molecule has 1 saturated heterocycles. The molecule has 0 aromatic heterocycles. The molecule has 3 heteroatoms. The Balaban J connectivity index is 2.44. The zero-order chi connectivity index (χ0) is 9.68. The van der Waals surface area contributed by atoms with Gasteiger partial charge in [-0.1, -0.05) is 6.42 Å². The second-order valence-corrected chi connectivity index (χ2v) is 4.68. The molecule has 1 amide bonds. The van der Waals surface area contributed by atoms with Gasteiger partial charge in [-0.15, -0.1) is 11.8 Å². The van der Waals surface area contributed by atoms with Crippen LogP contribution in [0.25, 0.3) is 0 Å². The standard InChI is InChI=1S/C10H19NOS/c1-3-11(4-2)10(12)9-7-5-6-8-13-9/h9H,3-8H2,1-2H3. The van der Waals surface area contributed by atoms with Crippen molar-refractivity contribution in [2.75, 3.05) is 18.8 Å². The van der Waals surface area contributed by atoms with Gasteiger partial charge in [0.1, 0.15) is 0 Å². The number of carbonyl (C=O) groups is 1. The minimum atomic E-state index is 0.258. The van der Waals surface area contributed by atoms with Crippen LogP contribution in [0.2, 0.25) is 0 Å². The smallest absolute Gasteiger partial charge is 0.235 e. The van der Waals surface area contributed by atoms with E-state index in [4.69, 9.17) is 0 Å². The van der Waals surface area contributed by atoms with Gasteiger partial charge in [-0.3, -0.25) is 4.79 Å². The largest absolute Gasteiger partial charge is 0.342 e. The second-order valence-electron chi connectivity index (χ2n) is 3.37. The molecule has 2 nitrogen and oxygen atoms in total. The molecule has 0 radical (unpaired) electrons. The van der Waals surface area contributed by atoms with Crippen LogP contribution in [0, 0.1) is 0 Å². The lowest BCUT2D eigenvalue weighted by molar-refractivity contribution is -0.130. The molecule has 0 saturated carbocycles. The van der Waals surface area contributed by atoms with Crippen molar-refractivity contribution >= 4 is 17.7 Å². The van der Waals surface area contributed by atoms with Crippen LogP contribution in [0.4, 0.5) is 0 Å². The van der Waals surface area contributed by atoms with Crippen molar-refractivity contribution in [3.05, 3.63) is 0 Å². The number of amides is 1. The highest BCUT2D eigenvalue weighted by molar-refractivity contribution is 8.00. The zero-order valence-corrected chi connectivity index (χ0v) is 9.40. The Labute approximate surface area is 85.1 Å². The number of rotatable bonds is 3. The second kappa shape index (κ2) is 5.53. The van der Waals surface area contributed by atoms with Gasteiger partial charge < -0.3 is 4.90 Å². The van der Waals surface area contributed by atoms with Gasteiger partial charge >= 0.3 is 0 Å². The Morgan fingerprint density at radius 2 is 2.08 bits per heavy atom. The van der Waals surface area contributed by atoms with Crippen LogP contribution in [-0.4, -0.2) is 34.9 Å². The highest BCUT2D eigenvalue weighted by Gasteiger charge is 2.24. The molecule has 0 spiro atoms. The van der Waals surface area contributed by atoms with Crippen LogP contribution in [0.15, 0.2) is 0 Å². The van der Waals surface area contributed by atoms with E-state index in [9.17, 15) is 4.79 Å². The topological polar surface area (TPSA) is 20.3 Å². The molecule has 76 valence electrons. The average molecular weight is 201 g/mol. The summed E-state index contributed by atoms with van der Waals surface area (Å²) in [6.07, 6.45) is 3.59. The molecular formula is C10H19NOS. The summed E-state index contributed by atoms with van der Waals surface area (Å²) in [7, 11) is 0. The van der Waals surface area contributed by atoms with Gasteiger partial charge in [0.05, 0.1) is 5.25 Å². The van der Waals surface area contributed by atoms with Crippen molar-refractivity contribution in [3.63, 3.8) is 0 Å². The lowest BCUT2D eigenvalue weighted by atomic mass is 10.1. The van der Waals surface area contributed by atoms with Crippen molar-refractivity contribution in [2.24, 2.45) is 0 Å². The van der Waals surface area contributed by atoms with Gasteiger partial charge in [-0.05, 0) is 32.4 Å². The Bertz CT molecular complexity index is 162. The Morgan fingerprint density at radius 3 is 2.54 bits per heavy atom. The SMILES string of the molecule is CCN(CC)C(=O)C1CCCCS1. The van der Waals surface area contributed by atoms with E-state index in [1.165, 1.54) is 12.8 Å². The molecule has 0 aromatic rings. The molecule has 1 rings (SSSR count). The van der Waals surface area contributed by atoms with Gasteiger partial charge in [0.25, 0.3) is 0 Å². The van der Waals surface area contributed by atoms with Crippen molar-refractivity contribution < 1.29 is 4.79 Å². The van der Waals surface area contributed by atoms with E-state index in [0.717, 1.165) is 25.3 Å². The van der Waals surface area contributed by atoms with E-state index in [1.54, 1.807) is 0 Å². The average Bonchev–Trinajstić information content (AvgIpc) is 2.21. The fraction of sp³-hybridized carbons (Fsp3) is 0.900. The lowest BCUT2D eigenvalue weighted by Gasteiger charge is -2.27. The normalized spacial score (nSPS) is 22.8. The molecular weight excluding hydrogens is 182 g/mol. The predicted octanol–water partition coefficient (Wildman–Crippen LogP) is 2.14. The highest BCUT2D eigenvalue weighted by atomic mass is 32.2. The summed E-state index contributed by atoms with van der Waals surface area (Å²) in [6, 6.07) is 0. The van der Waals surface area contributed by atoms with Gasteiger partial charge in [0.2, 0.25) is 5.91 Å². The summed E-state index contributed by atoms with van der Waals surface area (Å²) in [5, 5.41) is 0.258. The predicted molar refractivity (Wildman–Crippen MR) is 58.0 cm³/mol. The monoisotopic (exact) mass is 201 g/mol.